The second-order valence-corrected chi connectivity index (χ2v) is 5.70. The second-order valence-electron chi connectivity index (χ2n) is 3.34. The van der Waals surface area contributed by atoms with Crippen molar-refractivity contribution in [2.75, 3.05) is 19.7 Å². The first-order valence-electron chi connectivity index (χ1n) is 4.51. The summed E-state index contributed by atoms with van der Waals surface area (Å²) in [4.78, 5) is 10.8. The van der Waals surface area contributed by atoms with Gasteiger partial charge in [-0.15, -0.1) is 0 Å². The minimum absolute atomic E-state index is 0.422. The maximum atomic E-state index is 11.7. The normalized spacial score (nSPS) is 14.4. The molecule has 0 heterocycles. The number of hydrogen-bond donors (Lipinski definition) is 0. The van der Waals surface area contributed by atoms with Crippen LogP contribution in [0.3, 0.4) is 0 Å². The maximum Gasteiger partial charge on any atom is 0.411 e. The number of carbonyl (C=O) groups excluding carboxylic acids is 1. The van der Waals surface area contributed by atoms with Gasteiger partial charge in [0.25, 0.3) is 0 Å². The van der Waals surface area contributed by atoms with Gasteiger partial charge >= 0.3 is 12.1 Å². The van der Waals surface area contributed by atoms with E-state index in [-0.39, 0.29) is 0 Å². The van der Waals surface area contributed by atoms with Gasteiger partial charge in [-0.05, 0) is 6.92 Å². The molecule has 0 spiro atoms. The Hall–Kier alpha value is -0.830. The number of methoxy groups -OCH3 is 1. The smallest absolute Gasteiger partial charge is 0.411 e. The summed E-state index contributed by atoms with van der Waals surface area (Å²) in [5.74, 6) is -1.83. The van der Waals surface area contributed by atoms with Gasteiger partial charge in [0.15, 0.2) is 9.84 Å². The van der Waals surface area contributed by atoms with Crippen LogP contribution >= 0.6 is 0 Å². The maximum absolute atomic E-state index is 11.7. The highest BCUT2D eigenvalue weighted by Crippen LogP contribution is 2.16. The van der Waals surface area contributed by atoms with Gasteiger partial charge in [-0.1, -0.05) is 0 Å². The van der Waals surface area contributed by atoms with E-state index >= 15 is 0 Å². The zero-order valence-electron chi connectivity index (χ0n) is 9.28. The molecule has 0 saturated heterocycles. The van der Waals surface area contributed by atoms with Crippen molar-refractivity contribution in [2.45, 2.75) is 24.8 Å². The number of halogens is 3. The van der Waals surface area contributed by atoms with E-state index in [1.54, 1.807) is 0 Å². The molecule has 0 N–H and O–H groups in total. The quantitative estimate of drug-likeness (QED) is 0.675. The summed E-state index contributed by atoms with van der Waals surface area (Å²) >= 11 is 0. The minimum atomic E-state index is -4.58. The van der Waals surface area contributed by atoms with Gasteiger partial charge in [-0.2, -0.15) is 13.2 Å². The number of alkyl halides is 3. The summed E-state index contributed by atoms with van der Waals surface area (Å²) in [6, 6.07) is 0. The van der Waals surface area contributed by atoms with E-state index < -0.39 is 46.2 Å². The lowest BCUT2D eigenvalue weighted by molar-refractivity contribution is -0.169. The number of rotatable bonds is 6. The SMILES string of the molecule is COC(=O)CC(C)S(=O)(=O)COCC(F)(F)F. The fourth-order valence-electron chi connectivity index (χ4n) is 0.835. The molecule has 1 atom stereocenters. The van der Waals surface area contributed by atoms with Gasteiger partial charge in [0.2, 0.25) is 0 Å². The largest absolute Gasteiger partial charge is 0.469 e. The van der Waals surface area contributed by atoms with Gasteiger partial charge in [-0.25, -0.2) is 8.42 Å². The summed E-state index contributed by atoms with van der Waals surface area (Å²) in [6.07, 6.45) is -5.00. The lowest BCUT2D eigenvalue weighted by Crippen LogP contribution is -2.28. The summed E-state index contributed by atoms with van der Waals surface area (Å²) in [5.41, 5.74) is 0. The van der Waals surface area contributed by atoms with Crippen molar-refractivity contribution >= 4 is 15.8 Å². The lowest BCUT2D eigenvalue weighted by atomic mass is 10.3. The fourth-order valence-corrected chi connectivity index (χ4v) is 1.77. The van der Waals surface area contributed by atoms with Crippen LogP contribution in [0.15, 0.2) is 0 Å². The molecule has 1 unspecified atom stereocenters. The number of esters is 1. The van der Waals surface area contributed by atoms with E-state index in [9.17, 15) is 26.4 Å². The Balaban J connectivity index is 4.24. The Kier molecular flexibility index (Phi) is 5.89. The van der Waals surface area contributed by atoms with Gasteiger partial charge in [-0.3, -0.25) is 4.79 Å². The summed E-state index contributed by atoms with van der Waals surface area (Å²) in [5, 5.41) is -1.15. The molecule has 0 aromatic heterocycles. The van der Waals surface area contributed by atoms with Crippen molar-refractivity contribution < 1.29 is 35.9 Å². The highest BCUT2D eigenvalue weighted by molar-refractivity contribution is 7.91. The number of sulfone groups is 1. The van der Waals surface area contributed by atoms with Crippen molar-refractivity contribution in [2.24, 2.45) is 0 Å². The highest BCUT2D eigenvalue weighted by Gasteiger charge is 2.30. The third-order valence-corrected chi connectivity index (χ3v) is 3.70. The molecule has 0 amide bonds. The topological polar surface area (TPSA) is 69.7 Å². The average Bonchev–Trinajstić information content (AvgIpc) is 2.14. The van der Waals surface area contributed by atoms with Crippen LogP contribution < -0.4 is 0 Å². The molecule has 0 aliphatic heterocycles. The number of hydrogen-bond acceptors (Lipinski definition) is 5. The highest BCUT2D eigenvalue weighted by atomic mass is 32.2. The predicted octanol–water partition coefficient (Wildman–Crippen LogP) is 0.889. The molecule has 17 heavy (non-hydrogen) atoms. The molecule has 0 aromatic carbocycles. The summed E-state index contributed by atoms with van der Waals surface area (Å²) in [6.45, 7) is -0.444. The third-order valence-electron chi connectivity index (χ3n) is 1.81. The van der Waals surface area contributed by atoms with E-state index in [0.717, 1.165) is 7.11 Å². The minimum Gasteiger partial charge on any atom is -0.469 e. The van der Waals surface area contributed by atoms with Crippen LogP contribution in [0.5, 0.6) is 0 Å². The zero-order valence-corrected chi connectivity index (χ0v) is 10.1. The molecule has 0 bridgehead atoms. The number of ether oxygens (including phenoxy) is 2. The molecule has 0 aliphatic carbocycles. The monoisotopic (exact) mass is 278 g/mol. The van der Waals surface area contributed by atoms with Crippen molar-refractivity contribution in [3.05, 3.63) is 0 Å². The second kappa shape index (κ2) is 6.20. The Morgan fingerprint density at radius 3 is 2.29 bits per heavy atom. The van der Waals surface area contributed by atoms with Crippen LogP contribution in [0.25, 0.3) is 0 Å². The zero-order chi connectivity index (χ0) is 13.7. The predicted molar refractivity (Wildman–Crippen MR) is 51.9 cm³/mol. The molecule has 102 valence electrons. The van der Waals surface area contributed by atoms with E-state index in [4.69, 9.17) is 0 Å². The van der Waals surface area contributed by atoms with Crippen LogP contribution in [0.2, 0.25) is 0 Å². The van der Waals surface area contributed by atoms with Gasteiger partial charge in [0.1, 0.15) is 12.5 Å². The molecule has 0 radical (unpaired) electrons. The lowest BCUT2D eigenvalue weighted by Gasteiger charge is -2.12. The first-order valence-corrected chi connectivity index (χ1v) is 6.23. The third kappa shape index (κ3) is 7.16. The van der Waals surface area contributed by atoms with Gasteiger partial charge in [0.05, 0.1) is 18.8 Å². The van der Waals surface area contributed by atoms with Gasteiger partial charge < -0.3 is 9.47 Å². The average molecular weight is 278 g/mol. The van der Waals surface area contributed by atoms with E-state index in [1.807, 2.05) is 0 Å². The fraction of sp³-hybridized carbons (Fsp3) is 0.875. The Morgan fingerprint density at radius 2 is 1.88 bits per heavy atom. The Morgan fingerprint density at radius 1 is 1.35 bits per heavy atom. The number of carbonyl (C=O) groups is 1. The van der Waals surface area contributed by atoms with E-state index in [2.05, 4.69) is 9.47 Å². The summed E-state index contributed by atoms with van der Waals surface area (Å²) < 4.78 is 66.1. The van der Waals surface area contributed by atoms with Crippen molar-refractivity contribution in [3.8, 4) is 0 Å². The van der Waals surface area contributed by atoms with Crippen LogP contribution in [0, 0.1) is 0 Å². The van der Waals surface area contributed by atoms with Crippen LogP contribution in [-0.4, -0.2) is 45.5 Å². The Bertz CT molecular complexity index is 349. The van der Waals surface area contributed by atoms with Crippen molar-refractivity contribution in [1.82, 2.24) is 0 Å². The standard InChI is InChI=1S/C8H13F3O5S/c1-6(3-7(12)15-2)17(13,14)5-16-4-8(9,10)11/h6H,3-5H2,1-2H3. The molecular weight excluding hydrogens is 265 g/mol. The molecule has 0 saturated carbocycles. The van der Waals surface area contributed by atoms with E-state index in [0.29, 0.717) is 0 Å². The van der Waals surface area contributed by atoms with Gasteiger partial charge in [0, 0.05) is 0 Å². The summed E-state index contributed by atoms with van der Waals surface area (Å²) in [7, 11) is -2.83. The molecule has 0 aliphatic rings. The molecule has 0 aromatic rings. The van der Waals surface area contributed by atoms with Crippen LogP contribution in [0.1, 0.15) is 13.3 Å². The molecular formula is C8H13F3O5S. The first kappa shape index (κ1) is 16.2. The Labute approximate surface area is 96.8 Å². The first-order chi connectivity index (χ1) is 7.58. The van der Waals surface area contributed by atoms with E-state index in [1.165, 1.54) is 6.92 Å². The van der Waals surface area contributed by atoms with Crippen molar-refractivity contribution in [1.29, 1.82) is 0 Å². The van der Waals surface area contributed by atoms with Crippen molar-refractivity contribution in [3.63, 3.8) is 0 Å². The molecule has 0 fully saturated rings. The molecule has 0 rings (SSSR count). The van der Waals surface area contributed by atoms with Crippen LogP contribution in [0.4, 0.5) is 13.2 Å². The van der Waals surface area contributed by atoms with Crippen LogP contribution in [-0.2, 0) is 24.1 Å². The molecule has 9 heteroatoms. The molecule has 5 nitrogen and oxygen atoms in total.